The number of nitrogens with zero attached hydrogens (tertiary/aromatic N) is 3. The predicted octanol–water partition coefficient (Wildman–Crippen LogP) is 1.14. The maximum absolute atomic E-state index is 11.4. The van der Waals surface area contributed by atoms with Crippen LogP contribution in [0.4, 0.5) is 0 Å². The number of carbonyl (C=O) groups excluding carboxylic acids is 1. The lowest BCUT2D eigenvalue weighted by atomic mass is 10.3. The fourth-order valence-electron chi connectivity index (χ4n) is 1.60. The molecule has 0 atom stereocenters. The molecule has 0 unspecified atom stereocenters. The number of rotatable bonds is 3. The van der Waals surface area contributed by atoms with Crippen LogP contribution in [0.15, 0.2) is 18.5 Å². The second-order valence-electron chi connectivity index (χ2n) is 3.46. The van der Waals surface area contributed by atoms with Crippen molar-refractivity contribution in [1.29, 1.82) is 0 Å². The Hall–Kier alpha value is -1.91. The van der Waals surface area contributed by atoms with Gasteiger partial charge in [-0.25, -0.2) is 9.50 Å². The predicted molar refractivity (Wildman–Crippen MR) is 58.1 cm³/mol. The second-order valence-corrected chi connectivity index (χ2v) is 3.46. The Kier molecular flexibility index (Phi) is 2.85. The molecule has 0 amide bonds. The molecule has 0 spiro atoms. The van der Waals surface area contributed by atoms with Gasteiger partial charge in [-0.3, -0.25) is 4.79 Å². The smallest absolute Gasteiger partial charge is 0.311 e. The Balaban J connectivity index is 2.34. The van der Waals surface area contributed by atoms with Crippen molar-refractivity contribution in [3.8, 4) is 0 Å². The lowest BCUT2D eigenvalue weighted by Gasteiger charge is -2.03. The number of fused-ring (bicyclic) bond motifs is 1. The van der Waals surface area contributed by atoms with E-state index in [2.05, 4.69) is 10.1 Å². The van der Waals surface area contributed by atoms with E-state index >= 15 is 0 Å². The standard InChI is InChI=1S/C11H13N3O2/c1-3-16-11(15)6-9-10-5-4-8(2)14(10)13-7-12-9/h4-5,7H,3,6H2,1-2H3. The van der Waals surface area contributed by atoms with E-state index in [-0.39, 0.29) is 12.4 Å². The van der Waals surface area contributed by atoms with E-state index in [0.717, 1.165) is 11.2 Å². The minimum Gasteiger partial charge on any atom is -0.466 e. The molecule has 0 saturated heterocycles. The molecule has 2 rings (SSSR count). The molecular formula is C11H13N3O2. The molecule has 5 nitrogen and oxygen atoms in total. The zero-order chi connectivity index (χ0) is 11.5. The fraction of sp³-hybridized carbons (Fsp3) is 0.364. The summed E-state index contributed by atoms with van der Waals surface area (Å²) in [7, 11) is 0. The summed E-state index contributed by atoms with van der Waals surface area (Å²) in [4.78, 5) is 15.5. The third-order valence-electron chi connectivity index (χ3n) is 2.34. The van der Waals surface area contributed by atoms with Crippen LogP contribution in [0, 0.1) is 6.92 Å². The van der Waals surface area contributed by atoms with Gasteiger partial charge in [0.05, 0.1) is 24.2 Å². The molecule has 0 aliphatic heterocycles. The van der Waals surface area contributed by atoms with Crippen molar-refractivity contribution in [3.63, 3.8) is 0 Å². The molecule has 0 fully saturated rings. The van der Waals surface area contributed by atoms with E-state index in [0.29, 0.717) is 12.3 Å². The van der Waals surface area contributed by atoms with Gasteiger partial charge in [0.2, 0.25) is 0 Å². The van der Waals surface area contributed by atoms with Gasteiger partial charge in [0.1, 0.15) is 6.33 Å². The van der Waals surface area contributed by atoms with Gasteiger partial charge in [0.15, 0.2) is 0 Å². The molecule has 0 aliphatic rings. The average molecular weight is 219 g/mol. The van der Waals surface area contributed by atoms with E-state index in [1.54, 1.807) is 11.4 Å². The summed E-state index contributed by atoms with van der Waals surface area (Å²) in [6.45, 7) is 4.13. The van der Waals surface area contributed by atoms with E-state index in [4.69, 9.17) is 4.74 Å². The molecule has 0 bridgehead atoms. The monoisotopic (exact) mass is 219 g/mol. The van der Waals surface area contributed by atoms with Gasteiger partial charge < -0.3 is 4.74 Å². The van der Waals surface area contributed by atoms with Gasteiger partial charge in [-0.2, -0.15) is 5.10 Å². The Bertz CT molecular complexity index is 519. The lowest BCUT2D eigenvalue weighted by molar-refractivity contribution is -0.142. The molecule has 2 aromatic rings. The number of aromatic nitrogens is 3. The van der Waals surface area contributed by atoms with Crippen LogP contribution in [-0.2, 0) is 16.0 Å². The van der Waals surface area contributed by atoms with Gasteiger partial charge in [-0.1, -0.05) is 0 Å². The number of carbonyl (C=O) groups is 1. The highest BCUT2D eigenvalue weighted by atomic mass is 16.5. The summed E-state index contributed by atoms with van der Waals surface area (Å²) in [5.74, 6) is -0.262. The van der Waals surface area contributed by atoms with E-state index in [1.807, 2.05) is 19.1 Å². The summed E-state index contributed by atoms with van der Waals surface area (Å²) in [6, 6.07) is 3.85. The first-order valence-electron chi connectivity index (χ1n) is 5.16. The zero-order valence-electron chi connectivity index (χ0n) is 9.30. The molecule has 0 saturated carbocycles. The maximum Gasteiger partial charge on any atom is 0.311 e. The topological polar surface area (TPSA) is 56.5 Å². The van der Waals surface area contributed by atoms with Gasteiger partial charge in [-0.15, -0.1) is 0 Å². The number of esters is 1. The summed E-state index contributed by atoms with van der Waals surface area (Å²) >= 11 is 0. The average Bonchev–Trinajstić information content (AvgIpc) is 2.62. The van der Waals surface area contributed by atoms with Crippen molar-refractivity contribution in [2.24, 2.45) is 0 Å². The third kappa shape index (κ3) is 1.88. The Morgan fingerprint density at radius 1 is 1.50 bits per heavy atom. The van der Waals surface area contributed by atoms with Gasteiger partial charge in [0, 0.05) is 5.69 Å². The number of hydrogen-bond acceptors (Lipinski definition) is 4. The Morgan fingerprint density at radius 2 is 2.31 bits per heavy atom. The van der Waals surface area contributed by atoms with Gasteiger partial charge in [-0.05, 0) is 26.0 Å². The largest absolute Gasteiger partial charge is 0.466 e. The minimum atomic E-state index is -0.262. The quantitative estimate of drug-likeness (QED) is 0.726. The van der Waals surface area contributed by atoms with Crippen LogP contribution >= 0.6 is 0 Å². The zero-order valence-corrected chi connectivity index (χ0v) is 9.30. The van der Waals surface area contributed by atoms with Crippen molar-refractivity contribution < 1.29 is 9.53 Å². The van der Waals surface area contributed by atoms with Crippen LogP contribution in [0.25, 0.3) is 5.52 Å². The first kappa shape index (κ1) is 10.6. The Labute approximate surface area is 93.1 Å². The van der Waals surface area contributed by atoms with Crippen LogP contribution in [0.3, 0.4) is 0 Å². The van der Waals surface area contributed by atoms with Gasteiger partial charge in [0.25, 0.3) is 0 Å². The van der Waals surface area contributed by atoms with Crippen LogP contribution in [-0.4, -0.2) is 27.2 Å². The lowest BCUT2D eigenvalue weighted by Crippen LogP contribution is -2.10. The Morgan fingerprint density at radius 3 is 3.06 bits per heavy atom. The molecular weight excluding hydrogens is 206 g/mol. The van der Waals surface area contributed by atoms with Crippen LogP contribution < -0.4 is 0 Å². The third-order valence-corrected chi connectivity index (χ3v) is 2.34. The van der Waals surface area contributed by atoms with E-state index < -0.39 is 0 Å². The number of ether oxygens (including phenoxy) is 1. The first-order valence-corrected chi connectivity index (χ1v) is 5.16. The number of hydrogen-bond donors (Lipinski definition) is 0. The SMILES string of the molecule is CCOC(=O)Cc1ncnn2c(C)ccc12. The second kappa shape index (κ2) is 4.30. The molecule has 0 aliphatic carbocycles. The fourth-order valence-corrected chi connectivity index (χ4v) is 1.60. The van der Waals surface area contributed by atoms with E-state index in [1.165, 1.54) is 6.33 Å². The van der Waals surface area contributed by atoms with Crippen molar-refractivity contribution in [2.45, 2.75) is 20.3 Å². The minimum absolute atomic E-state index is 0.184. The molecule has 16 heavy (non-hydrogen) atoms. The van der Waals surface area contributed by atoms with Crippen molar-refractivity contribution in [3.05, 3.63) is 29.8 Å². The highest BCUT2D eigenvalue weighted by Crippen LogP contribution is 2.11. The highest BCUT2D eigenvalue weighted by molar-refractivity contribution is 5.75. The summed E-state index contributed by atoms with van der Waals surface area (Å²) in [5.41, 5.74) is 2.57. The van der Waals surface area contributed by atoms with Crippen molar-refractivity contribution >= 4 is 11.5 Å². The van der Waals surface area contributed by atoms with E-state index in [9.17, 15) is 4.79 Å². The summed E-state index contributed by atoms with van der Waals surface area (Å²) in [6.07, 6.45) is 1.64. The molecule has 2 aromatic heterocycles. The molecule has 0 radical (unpaired) electrons. The molecule has 84 valence electrons. The number of aryl methyl sites for hydroxylation is 1. The molecule has 5 heteroatoms. The maximum atomic E-state index is 11.4. The molecule has 2 heterocycles. The van der Waals surface area contributed by atoms with Crippen LogP contribution in [0.1, 0.15) is 18.3 Å². The normalized spacial score (nSPS) is 10.6. The first-order chi connectivity index (χ1) is 7.72. The highest BCUT2D eigenvalue weighted by Gasteiger charge is 2.10. The summed E-state index contributed by atoms with van der Waals surface area (Å²) in [5, 5.41) is 4.11. The van der Waals surface area contributed by atoms with Crippen LogP contribution in [0.2, 0.25) is 0 Å². The molecule has 0 N–H and O–H groups in total. The van der Waals surface area contributed by atoms with Crippen molar-refractivity contribution in [2.75, 3.05) is 6.61 Å². The summed E-state index contributed by atoms with van der Waals surface area (Å²) < 4.78 is 6.66. The van der Waals surface area contributed by atoms with Gasteiger partial charge >= 0.3 is 5.97 Å². The van der Waals surface area contributed by atoms with Crippen molar-refractivity contribution in [1.82, 2.24) is 14.6 Å². The van der Waals surface area contributed by atoms with Crippen LogP contribution in [0.5, 0.6) is 0 Å². The molecule has 0 aromatic carbocycles.